The molecule has 0 radical (unpaired) electrons. The van der Waals surface area contributed by atoms with Crippen molar-refractivity contribution < 1.29 is 13.9 Å². The lowest BCUT2D eigenvalue weighted by Gasteiger charge is -2.10. The van der Waals surface area contributed by atoms with Gasteiger partial charge in [0.05, 0.1) is 25.4 Å². The molecule has 0 atom stereocenters. The standard InChI is InChI=1S/C22H22FN3O2/c1-28-20-5-3-2-4-17(20)12-13-24-21-11-10-19(15-25-21)26-22(27)14-16-6-8-18(23)9-7-16/h2-11,15H,12-14H2,1H3,(H,24,25)(H,26,27). The molecule has 1 amide bonds. The Morgan fingerprint density at radius 3 is 2.57 bits per heavy atom. The van der Waals surface area contributed by atoms with Gasteiger partial charge in [-0.2, -0.15) is 0 Å². The van der Waals surface area contributed by atoms with E-state index in [0.717, 1.165) is 29.1 Å². The number of methoxy groups -OCH3 is 1. The Balaban J connectivity index is 1.47. The summed E-state index contributed by atoms with van der Waals surface area (Å²) in [5, 5.41) is 6.04. The largest absolute Gasteiger partial charge is 0.496 e. The van der Waals surface area contributed by atoms with Crippen molar-refractivity contribution in [3.8, 4) is 5.75 Å². The minimum absolute atomic E-state index is 0.176. The quantitative estimate of drug-likeness (QED) is 0.619. The lowest BCUT2D eigenvalue weighted by atomic mass is 10.1. The molecule has 0 unspecified atom stereocenters. The zero-order chi connectivity index (χ0) is 19.8. The molecule has 5 nitrogen and oxygen atoms in total. The number of benzene rings is 2. The lowest BCUT2D eigenvalue weighted by molar-refractivity contribution is -0.115. The van der Waals surface area contributed by atoms with Crippen molar-refractivity contribution in [2.75, 3.05) is 24.3 Å². The molecule has 0 aliphatic rings. The van der Waals surface area contributed by atoms with Gasteiger partial charge in [0.2, 0.25) is 5.91 Å². The number of halogens is 1. The fourth-order valence-electron chi connectivity index (χ4n) is 2.80. The van der Waals surface area contributed by atoms with Gasteiger partial charge in [-0.25, -0.2) is 9.37 Å². The molecule has 1 heterocycles. The first-order valence-corrected chi connectivity index (χ1v) is 9.00. The van der Waals surface area contributed by atoms with Gasteiger partial charge in [-0.05, 0) is 47.9 Å². The Bertz CT molecular complexity index is 912. The molecule has 2 aromatic carbocycles. The zero-order valence-corrected chi connectivity index (χ0v) is 15.6. The van der Waals surface area contributed by atoms with Crippen LogP contribution in [0.3, 0.4) is 0 Å². The van der Waals surface area contributed by atoms with Crippen molar-refractivity contribution in [1.29, 1.82) is 0 Å². The molecule has 0 aliphatic carbocycles. The fraction of sp³-hybridized carbons (Fsp3) is 0.182. The van der Waals surface area contributed by atoms with Gasteiger partial charge in [0, 0.05) is 6.54 Å². The number of hydrogen-bond acceptors (Lipinski definition) is 4. The summed E-state index contributed by atoms with van der Waals surface area (Å²) in [6.07, 6.45) is 2.59. The number of hydrogen-bond donors (Lipinski definition) is 2. The molecule has 3 rings (SSSR count). The van der Waals surface area contributed by atoms with E-state index >= 15 is 0 Å². The zero-order valence-electron chi connectivity index (χ0n) is 15.6. The van der Waals surface area contributed by atoms with Crippen molar-refractivity contribution in [2.45, 2.75) is 12.8 Å². The minimum Gasteiger partial charge on any atom is -0.496 e. The molecule has 3 aromatic rings. The van der Waals surface area contributed by atoms with Crippen LogP contribution in [0.2, 0.25) is 0 Å². The molecule has 28 heavy (non-hydrogen) atoms. The number of carbonyl (C=O) groups is 1. The van der Waals surface area contributed by atoms with Crippen molar-refractivity contribution in [2.24, 2.45) is 0 Å². The second-order valence-electron chi connectivity index (χ2n) is 6.27. The third kappa shape index (κ3) is 5.54. The molecule has 144 valence electrons. The fourth-order valence-corrected chi connectivity index (χ4v) is 2.80. The summed E-state index contributed by atoms with van der Waals surface area (Å²) in [6.45, 7) is 0.712. The summed E-state index contributed by atoms with van der Waals surface area (Å²) in [7, 11) is 1.66. The third-order valence-electron chi connectivity index (χ3n) is 4.22. The molecule has 0 saturated heterocycles. The predicted octanol–water partition coefficient (Wildman–Crippen LogP) is 4.07. The number of rotatable bonds is 8. The molecule has 0 aliphatic heterocycles. The van der Waals surface area contributed by atoms with Gasteiger partial charge in [-0.1, -0.05) is 30.3 Å². The Morgan fingerprint density at radius 2 is 1.86 bits per heavy atom. The van der Waals surface area contributed by atoms with E-state index in [0.29, 0.717) is 12.2 Å². The van der Waals surface area contributed by atoms with Crippen LogP contribution in [0.1, 0.15) is 11.1 Å². The first-order chi connectivity index (χ1) is 13.6. The highest BCUT2D eigenvalue weighted by molar-refractivity contribution is 5.92. The monoisotopic (exact) mass is 379 g/mol. The van der Waals surface area contributed by atoms with Crippen LogP contribution in [0.25, 0.3) is 0 Å². The van der Waals surface area contributed by atoms with Crippen LogP contribution in [0.4, 0.5) is 15.9 Å². The van der Waals surface area contributed by atoms with Crippen LogP contribution in [0.5, 0.6) is 5.75 Å². The maximum Gasteiger partial charge on any atom is 0.228 e. The molecule has 6 heteroatoms. The van der Waals surface area contributed by atoms with Crippen LogP contribution in [-0.4, -0.2) is 24.5 Å². The number of pyridine rings is 1. The van der Waals surface area contributed by atoms with Gasteiger partial charge in [0.15, 0.2) is 0 Å². The minimum atomic E-state index is -0.317. The highest BCUT2D eigenvalue weighted by atomic mass is 19.1. The molecular weight excluding hydrogens is 357 g/mol. The maximum absolute atomic E-state index is 12.9. The number of amides is 1. The number of anilines is 2. The molecule has 1 aromatic heterocycles. The Morgan fingerprint density at radius 1 is 1.07 bits per heavy atom. The van der Waals surface area contributed by atoms with Crippen LogP contribution < -0.4 is 15.4 Å². The highest BCUT2D eigenvalue weighted by Crippen LogP contribution is 2.18. The van der Waals surface area contributed by atoms with E-state index in [4.69, 9.17) is 4.74 Å². The number of nitrogens with one attached hydrogen (secondary N) is 2. The number of carbonyl (C=O) groups excluding carboxylic acids is 1. The van der Waals surface area contributed by atoms with Crippen LogP contribution in [0, 0.1) is 5.82 Å². The average molecular weight is 379 g/mol. The van der Waals surface area contributed by atoms with E-state index in [2.05, 4.69) is 15.6 Å². The van der Waals surface area contributed by atoms with Gasteiger partial charge in [0.1, 0.15) is 17.4 Å². The van der Waals surface area contributed by atoms with Crippen molar-refractivity contribution in [3.05, 3.63) is 83.8 Å². The number of nitrogens with zero attached hydrogens (tertiary/aromatic N) is 1. The van der Waals surface area contributed by atoms with Crippen LogP contribution in [0.15, 0.2) is 66.9 Å². The Hall–Kier alpha value is -3.41. The summed E-state index contributed by atoms with van der Waals surface area (Å²) < 4.78 is 18.3. The van der Waals surface area contributed by atoms with E-state index in [9.17, 15) is 9.18 Å². The Labute approximate surface area is 163 Å². The van der Waals surface area contributed by atoms with Gasteiger partial charge in [0.25, 0.3) is 0 Å². The van der Waals surface area contributed by atoms with Crippen molar-refractivity contribution in [3.63, 3.8) is 0 Å². The van der Waals surface area contributed by atoms with Crippen LogP contribution in [-0.2, 0) is 17.6 Å². The normalized spacial score (nSPS) is 10.4. The molecule has 0 fully saturated rings. The predicted molar refractivity (Wildman–Crippen MR) is 108 cm³/mol. The first-order valence-electron chi connectivity index (χ1n) is 9.00. The van der Waals surface area contributed by atoms with Crippen molar-refractivity contribution in [1.82, 2.24) is 4.98 Å². The summed E-state index contributed by atoms with van der Waals surface area (Å²) in [5.41, 5.74) is 2.49. The lowest BCUT2D eigenvalue weighted by Crippen LogP contribution is -2.14. The van der Waals surface area contributed by atoms with Gasteiger partial charge >= 0.3 is 0 Å². The molecule has 0 spiro atoms. The highest BCUT2D eigenvalue weighted by Gasteiger charge is 2.06. The summed E-state index contributed by atoms with van der Waals surface area (Å²) in [4.78, 5) is 16.4. The second-order valence-corrected chi connectivity index (χ2v) is 6.27. The SMILES string of the molecule is COc1ccccc1CCNc1ccc(NC(=O)Cc2ccc(F)cc2)cn1. The summed E-state index contributed by atoms with van der Waals surface area (Å²) in [6, 6.07) is 17.4. The maximum atomic E-state index is 12.9. The number of aromatic nitrogens is 1. The molecular formula is C22H22FN3O2. The number of para-hydroxylation sites is 1. The number of ether oxygens (including phenoxy) is 1. The van der Waals surface area contributed by atoms with Crippen LogP contribution >= 0.6 is 0 Å². The van der Waals surface area contributed by atoms with E-state index in [-0.39, 0.29) is 18.1 Å². The second kappa shape index (κ2) is 9.50. The molecule has 0 bridgehead atoms. The summed E-state index contributed by atoms with van der Waals surface area (Å²) in [5.74, 6) is 1.11. The van der Waals surface area contributed by atoms with Gasteiger partial charge in [-0.3, -0.25) is 4.79 Å². The van der Waals surface area contributed by atoms with Crippen molar-refractivity contribution >= 4 is 17.4 Å². The smallest absolute Gasteiger partial charge is 0.228 e. The van der Waals surface area contributed by atoms with E-state index in [1.165, 1.54) is 12.1 Å². The van der Waals surface area contributed by atoms with E-state index in [1.807, 2.05) is 30.3 Å². The molecule has 2 N–H and O–H groups in total. The topological polar surface area (TPSA) is 63.2 Å². The van der Waals surface area contributed by atoms with E-state index < -0.39 is 0 Å². The summed E-state index contributed by atoms with van der Waals surface area (Å²) >= 11 is 0. The Kier molecular flexibility index (Phi) is 6.57. The first kappa shape index (κ1) is 19.4. The third-order valence-corrected chi connectivity index (χ3v) is 4.22. The van der Waals surface area contributed by atoms with Gasteiger partial charge in [-0.15, -0.1) is 0 Å². The average Bonchev–Trinajstić information content (AvgIpc) is 2.71. The van der Waals surface area contributed by atoms with E-state index in [1.54, 1.807) is 31.5 Å². The van der Waals surface area contributed by atoms with Gasteiger partial charge < -0.3 is 15.4 Å². The molecule has 0 saturated carbocycles.